The van der Waals surface area contributed by atoms with E-state index in [9.17, 15) is 0 Å². The molecule has 0 amide bonds. The van der Waals surface area contributed by atoms with Crippen molar-refractivity contribution in [2.24, 2.45) is 0 Å². The highest BCUT2D eigenvalue weighted by molar-refractivity contribution is 5.83. The summed E-state index contributed by atoms with van der Waals surface area (Å²) in [7, 11) is 12.8. The molecule has 0 radical (unpaired) electrons. The van der Waals surface area contributed by atoms with Crippen LogP contribution >= 0.6 is 0 Å². The van der Waals surface area contributed by atoms with Crippen molar-refractivity contribution >= 4 is 11.1 Å². The van der Waals surface area contributed by atoms with Crippen LogP contribution in [0, 0.1) is 0 Å². The van der Waals surface area contributed by atoms with Crippen molar-refractivity contribution in [1.29, 1.82) is 0 Å². The van der Waals surface area contributed by atoms with Gasteiger partial charge in [-0.1, -0.05) is 177 Å². The van der Waals surface area contributed by atoms with Gasteiger partial charge in [-0.05, 0) is 100 Å². The predicted molar refractivity (Wildman–Crippen MR) is 242 cm³/mol. The van der Waals surface area contributed by atoms with Crippen LogP contribution < -0.4 is 0 Å². The molecular formula is C49H80N2O2. The molecule has 2 unspecified atom stereocenters. The Morgan fingerprint density at radius 3 is 0.698 bits per heavy atom. The molecule has 0 saturated carbocycles. The molecule has 0 aliphatic heterocycles. The van der Waals surface area contributed by atoms with Crippen LogP contribution in [-0.2, 0) is 4.74 Å². The second kappa shape index (κ2) is 37.9. The summed E-state index contributed by atoms with van der Waals surface area (Å²) in [5.74, 6) is 0. The van der Waals surface area contributed by atoms with Gasteiger partial charge in [0.1, 0.15) is 0 Å². The lowest BCUT2D eigenvalue weighted by Crippen LogP contribution is -2.26. The van der Waals surface area contributed by atoms with E-state index in [0.717, 1.165) is 7.11 Å². The standard InChI is InChI=1S/2C19H23N.C2H6O.4C2H6.CH4O/c2*1-15(16(2)20(3)4)19(17-11-7-5-8-12-17)18-13-9-6-10-14-18;1-3-2;5*1-2/h2*5-14,16H,1-4H3;1-2H3;4*1-2H3;2H,1H3. The average Bonchev–Trinajstić information content (AvgIpc) is 3.23. The van der Waals surface area contributed by atoms with Gasteiger partial charge in [0, 0.05) is 33.4 Å². The van der Waals surface area contributed by atoms with E-state index in [-0.39, 0.29) is 0 Å². The second-order valence-corrected chi connectivity index (χ2v) is 11.3. The Kier molecular flexibility index (Phi) is 40.1. The highest BCUT2D eigenvalue weighted by Gasteiger charge is 2.16. The topological polar surface area (TPSA) is 35.9 Å². The number of ether oxygens (including phenoxy) is 1. The maximum atomic E-state index is 7.00. The first-order valence-corrected chi connectivity index (χ1v) is 19.4. The van der Waals surface area contributed by atoms with Gasteiger partial charge in [-0.3, -0.25) is 0 Å². The van der Waals surface area contributed by atoms with Crippen molar-refractivity contribution in [1.82, 2.24) is 9.80 Å². The third-order valence-electron chi connectivity index (χ3n) is 7.84. The summed E-state index contributed by atoms with van der Waals surface area (Å²) in [6.45, 7) is 25.0. The number of rotatable bonds is 8. The van der Waals surface area contributed by atoms with Crippen LogP contribution in [0.15, 0.2) is 132 Å². The fourth-order valence-corrected chi connectivity index (χ4v) is 4.86. The maximum Gasteiger partial charge on any atom is 0.0351 e. The molecule has 0 fully saturated rings. The summed E-state index contributed by atoms with van der Waals surface area (Å²) >= 11 is 0. The van der Waals surface area contributed by atoms with Gasteiger partial charge in [0.15, 0.2) is 0 Å². The van der Waals surface area contributed by atoms with Crippen molar-refractivity contribution in [2.45, 2.75) is 95.2 Å². The highest BCUT2D eigenvalue weighted by Crippen LogP contribution is 2.30. The number of methoxy groups -OCH3 is 1. The first-order valence-electron chi connectivity index (χ1n) is 19.4. The molecular weight excluding hydrogens is 649 g/mol. The molecule has 0 aromatic heterocycles. The number of aliphatic hydroxyl groups excluding tert-OH is 1. The Balaban J connectivity index is -0.000000346. The molecule has 0 aliphatic carbocycles. The summed E-state index contributed by atoms with van der Waals surface area (Å²) in [5.41, 5.74) is 10.6. The zero-order chi connectivity index (χ0) is 41.8. The van der Waals surface area contributed by atoms with Crippen LogP contribution in [0.1, 0.15) is 105 Å². The second-order valence-electron chi connectivity index (χ2n) is 11.3. The smallest absolute Gasteiger partial charge is 0.0351 e. The minimum Gasteiger partial charge on any atom is -0.400 e. The molecule has 4 aromatic carbocycles. The van der Waals surface area contributed by atoms with Crippen LogP contribution in [-0.4, -0.2) is 76.5 Å². The third kappa shape index (κ3) is 22.1. The fourth-order valence-electron chi connectivity index (χ4n) is 4.86. The molecule has 0 bridgehead atoms. The predicted octanol–water partition coefficient (Wildman–Crippen LogP) is 12.9. The van der Waals surface area contributed by atoms with Gasteiger partial charge in [0.05, 0.1) is 0 Å². The molecule has 298 valence electrons. The van der Waals surface area contributed by atoms with E-state index in [2.05, 4.69) is 192 Å². The molecule has 1 N–H and O–H groups in total. The summed E-state index contributed by atoms with van der Waals surface area (Å²) in [6.07, 6.45) is 0. The third-order valence-corrected chi connectivity index (χ3v) is 7.84. The molecule has 53 heavy (non-hydrogen) atoms. The van der Waals surface area contributed by atoms with Gasteiger partial charge in [0.2, 0.25) is 0 Å². The zero-order valence-electron chi connectivity index (χ0n) is 37.5. The van der Waals surface area contributed by atoms with E-state index in [1.165, 1.54) is 44.5 Å². The Labute approximate surface area is 329 Å². The van der Waals surface area contributed by atoms with Gasteiger partial charge < -0.3 is 19.6 Å². The number of benzene rings is 4. The van der Waals surface area contributed by atoms with E-state index in [1.807, 2.05) is 55.4 Å². The van der Waals surface area contributed by atoms with E-state index in [1.54, 1.807) is 14.2 Å². The molecule has 0 saturated heterocycles. The van der Waals surface area contributed by atoms with Gasteiger partial charge in [-0.2, -0.15) is 0 Å². The monoisotopic (exact) mass is 729 g/mol. The Bertz CT molecular complexity index is 1190. The largest absolute Gasteiger partial charge is 0.400 e. The van der Waals surface area contributed by atoms with Crippen LogP contribution in [0.5, 0.6) is 0 Å². The lowest BCUT2D eigenvalue weighted by molar-refractivity contribution is 0.277. The van der Waals surface area contributed by atoms with Crippen LogP contribution in [0.4, 0.5) is 0 Å². The lowest BCUT2D eigenvalue weighted by Gasteiger charge is -2.24. The molecule has 2 atom stereocenters. The summed E-state index contributed by atoms with van der Waals surface area (Å²) in [6, 6.07) is 43.4. The van der Waals surface area contributed by atoms with Crippen LogP contribution in [0.25, 0.3) is 11.1 Å². The Morgan fingerprint density at radius 1 is 0.415 bits per heavy atom. The summed E-state index contributed by atoms with van der Waals surface area (Å²) in [4.78, 5) is 4.50. The van der Waals surface area contributed by atoms with E-state index < -0.39 is 0 Å². The summed E-state index contributed by atoms with van der Waals surface area (Å²) in [5, 5.41) is 7.00. The molecule has 4 aromatic rings. The Morgan fingerprint density at radius 2 is 0.566 bits per heavy atom. The van der Waals surface area contributed by atoms with Gasteiger partial charge in [-0.25, -0.2) is 0 Å². The van der Waals surface area contributed by atoms with Crippen molar-refractivity contribution in [3.05, 3.63) is 155 Å². The van der Waals surface area contributed by atoms with Gasteiger partial charge in [-0.15, -0.1) is 0 Å². The molecule has 0 heterocycles. The first-order chi connectivity index (χ1) is 25.6. The lowest BCUT2D eigenvalue weighted by atomic mass is 9.90. The number of likely N-dealkylation sites (N-methyl/N-ethyl adjacent to an activating group) is 2. The van der Waals surface area contributed by atoms with E-state index in [4.69, 9.17) is 5.11 Å². The van der Waals surface area contributed by atoms with E-state index in [0.29, 0.717) is 12.1 Å². The minimum atomic E-state index is 0.408. The fraction of sp³-hybridized carbons (Fsp3) is 0.429. The molecule has 4 rings (SSSR count). The molecule has 0 aliphatic rings. The SMILES string of the molecule is CC.CC.CC.CC.CC(=C(c1ccccc1)c1ccccc1)C(C)N(C)C.CC(=C(c1ccccc1)c1ccccc1)C(C)N(C)C.CO.COC. The summed E-state index contributed by atoms with van der Waals surface area (Å²) < 4.78 is 4.25. The van der Waals surface area contributed by atoms with Crippen LogP contribution in [0.2, 0.25) is 0 Å². The zero-order valence-corrected chi connectivity index (χ0v) is 37.5. The normalized spacial score (nSPS) is 10.2. The molecule has 0 spiro atoms. The quantitative estimate of drug-likeness (QED) is 0.196. The number of hydrogen-bond acceptors (Lipinski definition) is 4. The van der Waals surface area contributed by atoms with E-state index >= 15 is 0 Å². The minimum absolute atomic E-state index is 0.408. The van der Waals surface area contributed by atoms with Gasteiger partial charge >= 0.3 is 0 Å². The number of aliphatic hydroxyl groups is 1. The average molecular weight is 729 g/mol. The molecule has 4 heteroatoms. The van der Waals surface area contributed by atoms with Crippen molar-refractivity contribution in [2.75, 3.05) is 49.5 Å². The van der Waals surface area contributed by atoms with Crippen molar-refractivity contribution in [3.63, 3.8) is 0 Å². The van der Waals surface area contributed by atoms with Gasteiger partial charge in [0.25, 0.3) is 0 Å². The van der Waals surface area contributed by atoms with Crippen LogP contribution in [0.3, 0.4) is 0 Å². The van der Waals surface area contributed by atoms with Crippen molar-refractivity contribution in [3.8, 4) is 0 Å². The maximum absolute atomic E-state index is 7.00. The number of hydrogen-bond donors (Lipinski definition) is 1. The van der Waals surface area contributed by atoms with Crippen molar-refractivity contribution < 1.29 is 9.84 Å². The highest BCUT2D eigenvalue weighted by atomic mass is 16.4. The first kappa shape index (κ1) is 55.9. The Hall–Kier alpha value is -3.80. The molecule has 4 nitrogen and oxygen atoms in total. The number of nitrogens with zero attached hydrogens (tertiary/aromatic N) is 2.